The summed E-state index contributed by atoms with van der Waals surface area (Å²) in [4.78, 5) is 46.5. The first kappa shape index (κ1) is 21.9. The number of carbonyl (C=O) groups is 3. The van der Waals surface area contributed by atoms with Gasteiger partial charge in [0, 0.05) is 29.1 Å². The number of anilines is 1. The number of nitro groups is 1. The molecule has 0 heterocycles. The fourth-order valence-electron chi connectivity index (χ4n) is 2.27. The van der Waals surface area contributed by atoms with E-state index in [-0.39, 0.29) is 24.2 Å². The van der Waals surface area contributed by atoms with E-state index in [4.69, 9.17) is 4.74 Å². The monoisotopic (exact) mass is 417 g/mol. The molecule has 29 heavy (non-hydrogen) atoms. The maximum atomic E-state index is 11.9. The summed E-state index contributed by atoms with van der Waals surface area (Å²) < 4.78 is 4.90. The van der Waals surface area contributed by atoms with Crippen molar-refractivity contribution in [1.82, 2.24) is 5.32 Å². The first-order valence-electron chi connectivity index (χ1n) is 8.52. The Morgan fingerprint density at radius 3 is 2.45 bits per heavy atom. The number of ether oxygens (including phenoxy) is 1. The lowest BCUT2D eigenvalue weighted by Gasteiger charge is -2.10. The molecule has 2 amide bonds. The van der Waals surface area contributed by atoms with Crippen LogP contribution in [0.2, 0.25) is 0 Å². The number of nitrogens with one attached hydrogen (secondary N) is 2. The van der Waals surface area contributed by atoms with Crippen molar-refractivity contribution in [3.8, 4) is 0 Å². The molecule has 2 rings (SSSR count). The van der Waals surface area contributed by atoms with Crippen LogP contribution in [0, 0.1) is 10.1 Å². The Morgan fingerprint density at radius 2 is 1.79 bits per heavy atom. The molecule has 152 valence electrons. The molecule has 2 aromatic carbocycles. The highest BCUT2D eigenvalue weighted by Crippen LogP contribution is 2.24. The SMILES string of the molecule is CSc1ccccc1NC(=O)COC(=O)CCNC(=O)c1ccc([N+](=O)[O-])cc1. The number of hydrogen-bond donors (Lipinski definition) is 2. The highest BCUT2D eigenvalue weighted by molar-refractivity contribution is 7.98. The summed E-state index contributed by atoms with van der Waals surface area (Å²) in [5.74, 6) is -1.57. The van der Waals surface area contributed by atoms with Gasteiger partial charge in [0.15, 0.2) is 6.61 Å². The zero-order chi connectivity index (χ0) is 21.2. The minimum absolute atomic E-state index is 0.00554. The third-order valence-corrected chi connectivity index (χ3v) is 4.50. The van der Waals surface area contributed by atoms with Gasteiger partial charge in [-0.3, -0.25) is 24.5 Å². The topological polar surface area (TPSA) is 128 Å². The molecule has 9 nitrogen and oxygen atoms in total. The maximum Gasteiger partial charge on any atom is 0.308 e. The molecule has 0 aliphatic heterocycles. The molecule has 0 unspecified atom stereocenters. The first-order chi connectivity index (χ1) is 13.9. The van der Waals surface area contributed by atoms with Crippen molar-refractivity contribution in [2.24, 2.45) is 0 Å². The van der Waals surface area contributed by atoms with E-state index < -0.39 is 29.3 Å². The van der Waals surface area contributed by atoms with Gasteiger partial charge in [0.25, 0.3) is 17.5 Å². The van der Waals surface area contributed by atoms with E-state index in [2.05, 4.69) is 10.6 Å². The third-order valence-electron chi connectivity index (χ3n) is 3.70. The van der Waals surface area contributed by atoms with Crippen LogP contribution in [-0.4, -0.2) is 42.1 Å². The smallest absolute Gasteiger partial charge is 0.308 e. The van der Waals surface area contributed by atoms with Crippen molar-refractivity contribution in [3.05, 3.63) is 64.2 Å². The molecule has 0 saturated heterocycles. The molecule has 0 bridgehead atoms. The van der Waals surface area contributed by atoms with Gasteiger partial charge in [0.05, 0.1) is 17.0 Å². The predicted molar refractivity (Wildman–Crippen MR) is 108 cm³/mol. The molecule has 10 heteroatoms. The van der Waals surface area contributed by atoms with Gasteiger partial charge in [-0.1, -0.05) is 12.1 Å². The largest absolute Gasteiger partial charge is 0.456 e. The molecule has 0 fully saturated rings. The number of para-hydroxylation sites is 1. The zero-order valence-corrected chi connectivity index (χ0v) is 16.4. The molecule has 0 aliphatic carbocycles. The van der Waals surface area contributed by atoms with Crippen LogP contribution in [0.3, 0.4) is 0 Å². The van der Waals surface area contributed by atoms with Gasteiger partial charge in [-0.2, -0.15) is 0 Å². The van der Waals surface area contributed by atoms with Crippen molar-refractivity contribution < 1.29 is 24.0 Å². The lowest BCUT2D eigenvalue weighted by molar-refractivity contribution is -0.384. The van der Waals surface area contributed by atoms with E-state index >= 15 is 0 Å². The summed E-state index contributed by atoms with van der Waals surface area (Å²) in [6.45, 7) is -0.427. The van der Waals surface area contributed by atoms with Crippen LogP contribution in [0.15, 0.2) is 53.4 Å². The van der Waals surface area contributed by atoms with E-state index in [0.29, 0.717) is 5.69 Å². The van der Waals surface area contributed by atoms with Crippen LogP contribution in [-0.2, 0) is 14.3 Å². The average Bonchev–Trinajstić information content (AvgIpc) is 2.72. The summed E-state index contributed by atoms with van der Waals surface area (Å²) in [5, 5.41) is 15.8. The summed E-state index contributed by atoms with van der Waals surface area (Å²) in [6, 6.07) is 12.3. The van der Waals surface area contributed by atoms with Gasteiger partial charge >= 0.3 is 5.97 Å². The van der Waals surface area contributed by atoms with Crippen LogP contribution < -0.4 is 10.6 Å². The number of amides is 2. The third kappa shape index (κ3) is 6.92. The number of esters is 1. The van der Waals surface area contributed by atoms with E-state index in [1.54, 1.807) is 12.1 Å². The molecule has 0 spiro atoms. The van der Waals surface area contributed by atoms with Gasteiger partial charge < -0.3 is 15.4 Å². The fourth-order valence-corrected chi connectivity index (χ4v) is 2.82. The number of benzene rings is 2. The Bertz CT molecular complexity index is 901. The van der Waals surface area contributed by atoms with Gasteiger partial charge in [-0.25, -0.2) is 0 Å². The summed E-state index contributed by atoms with van der Waals surface area (Å²) in [6.07, 6.45) is 1.77. The maximum absolute atomic E-state index is 11.9. The van der Waals surface area contributed by atoms with Crippen LogP contribution >= 0.6 is 11.8 Å². The van der Waals surface area contributed by atoms with Crippen molar-refractivity contribution in [2.75, 3.05) is 24.7 Å². The van der Waals surface area contributed by atoms with E-state index in [9.17, 15) is 24.5 Å². The number of carbonyl (C=O) groups excluding carboxylic acids is 3. The standard InChI is InChI=1S/C19H19N3O6S/c1-29-16-5-3-2-4-15(16)21-17(23)12-28-18(24)10-11-20-19(25)13-6-8-14(9-7-13)22(26)27/h2-9H,10-12H2,1H3,(H,20,25)(H,21,23). The highest BCUT2D eigenvalue weighted by atomic mass is 32.2. The minimum atomic E-state index is -0.637. The van der Waals surface area contributed by atoms with Crippen LogP contribution in [0.25, 0.3) is 0 Å². The number of rotatable bonds is 9. The minimum Gasteiger partial charge on any atom is -0.456 e. The van der Waals surface area contributed by atoms with Gasteiger partial charge in [-0.15, -0.1) is 11.8 Å². The Hall–Kier alpha value is -3.40. The Morgan fingerprint density at radius 1 is 1.10 bits per heavy atom. The number of nitro benzene ring substituents is 1. The van der Waals surface area contributed by atoms with Crippen molar-refractivity contribution in [3.63, 3.8) is 0 Å². The fraction of sp³-hybridized carbons (Fsp3) is 0.211. The van der Waals surface area contributed by atoms with Crippen molar-refractivity contribution >= 4 is 40.9 Å². The van der Waals surface area contributed by atoms with Crippen molar-refractivity contribution in [1.29, 1.82) is 0 Å². The molecular weight excluding hydrogens is 398 g/mol. The Kier molecular flexibility index (Phi) is 8.16. The first-order valence-corrected chi connectivity index (χ1v) is 9.74. The highest BCUT2D eigenvalue weighted by Gasteiger charge is 2.12. The van der Waals surface area contributed by atoms with Crippen LogP contribution in [0.4, 0.5) is 11.4 Å². The summed E-state index contributed by atoms with van der Waals surface area (Å²) >= 11 is 1.48. The molecular formula is C19H19N3O6S. The van der Waals surface area contributed by atoms with Crippen LogP contribution in [0.1, 0.15) is 16.8 Å². The number of thioether (sulfide) groups is 1. The van der Waals surface area contributed by atoms with Gasteiger partial charge in [-0.05, 0) is 30.5 Å². The lowest BCUT2D eigenvalue weighted by Crippen LogP contribution is -2.27. The Balaban J connectivity index is 1.70. The van der Waals surface area contributed by atoms with Gasteiger partial charge in [0.1, 0.15) is 0 Å². The summed E-state index contributed by atoms with van der Waals surface area (Å²) in [5.41, 5.74) is 0.746. The zero-order valence-electron chi connectivity index (χ0n) is 15.5. The van der Waals surface area contributed by atoms with Crippen LogP contribution in [0.5, 0.6) is 0 Å². The molecule has 0 atom stereocenters. The predicted octanol–water partition coefficient (Wildman–Crippen LogP) is 2.62. The number of nitrogens with zero attached hydrogens (tertiary/aromatic N) is 1. The summed E-state index contributed by atoms with van der Waals surface area (Å²) in [7, 11) is 0. The second-order valence-corrected chi connectivity index (χ2v) is 6.57. The number of non-ortho nitro benzene ring substituents is 1. The van der Waals surface area contributed by atoms with Gasteiger partial charge in [0.2, 0.25) is 0 Å². The van der Waals surface area contributed by atoms with E-state index in [1.165, 1.54) is 36.0 Å². The van der Waals surface area contributed by atoms with Crippen molar-refractivity contribution in [2.45, 2.75) is 11.3 Å². The molecule has 2 N–H and O–H groups in total. The Labute approximate surface area is 171 Å². The number of hydrogen-bond acceptors (Lipinski definition) is 7. The molecule has 0 saturated carbocycles. The lowest BCUT2D eigenvalue weighted by atomic mass is 10.2. The molecule has 0 aromatic heterocycles. The normalized spacial score (nSPS) is 10.1. The average molecular weight is 417 g/mol. The van der Waals surface area contributed by atoms with E-state index in [1.807, 2.05) is 18.4 Å². The molecule has 0 aliphatic rings. The quantitative estimate of drug-likeness (QED) is 0.278. The molecule has 0 radical (unpaired) electrons. The second kappa shape index (κ2) is 10.8. The van der Waals surface area contributed by atoms with E-state index in [0.717, 1.165) is 4.90 Å². The molecule has 2 aromatic rings. The second-order valence-electron chi connectivity index (χ2n) is 5.72.